The Morgan fingerprint density at radius 3 is 2.85 bits per heavy atom. The van der Waals surface area contributed by atoms with Crippen LogP contribution in [0.15, 0.2) is 48.5 Å². The average Bonchev–Trinajstić information content (AvgIpc) is 3.09. The first-order valence-electron chi connectivity index (χ1n) is 8.40. The van der Waals surface area contributed by atoms with Gasteiger partial charge in [-0.1, -0.05) is 18.2 Å². The van der Waals surface area contributed by atoms with Crippen LogP contribution in [0, 0.1) is 0 Å². The molecule has 0 aliphatic carbocycles. The molecule has 0 radical (unpaired) electrons. The second-order valence-corrected chi connectivity index (χ2v) is 7.08. The zero-order chi connectivity index (χ0) is 17.9. The highest BCUT2D eigenvalue weighted by atomic mass is 32.1. The van der Waals surface area contributed by atoms with E-state index >= 15 is 0 Å². The first-order valence-corrected chi connectivity index (χ1v) is 9.22. The number of nitrogens with one attached hydrogen (secondary N) is 1. The van der Waals surface area contributed by atoms with Gasteiger partial charge in [0.05, 0.1) is 0 Å². The van der Waals surface area contributed by atoms with Crippen molar-refractivity contribution in [1.82, 2.24) is 0 Å². The summed E-state index contributed by atoms with van der Waals surface area (Å²) in [4.78, 5) is 24.1. The van der Waals surface area contributed by atoms with Crippen LogP contribution >= 0.6 is 11.3 Å². The molecule has 0 unspecified atom stereocenters. The minimum atomic E-state index is -0.331. The first kappa shape index (κ1) is 16.6. The number of anilines is 1. The zero-order valence-electron chi connectivity index (χ0n) is 14.0. The third kappa shape index (κ3) is 3.55. The highest BCUT2D eigenvalue weighted by Crippen LogP contribution is 2.27. The highest BCUT2D eigenvalue weighted by Gasteiger charge is 2.15. The van der Waals surface area contributed by atoms with Crippen LogP contribution in [0.1, 0.15) is 21.7 Å². The molecule has 132 valence electrons. The summed E-state index contributed by atoms with van der Waals surface area (Å²) in [6.45, 7) is 0.461. The van der Waals surface area contributed by atoms with Crippen molar-refractivity contribution < 1.29 is 19.1 Å². The van der Waals surface area contributed by atoms with E-state index in [1.807, 2.05) is 42.5 Å². The minimum Gasteiger partial charge on any atom is -0.490 e. The Labute approximate surface area is 154 Å². The molecule has 3 aromatic rings. The normalized spacial score (nSPS) is 13.2. The molecular weight excluding hydrogens is 350 g/mol. The van der Waals surface area contributed by atoms with Crippen molar-refractivity contribution in [3.05, 3.63) is 59.0 Å². The van der Waals surface area contributed by atoms with Crippen molar-refractivity contribution in [3.8, 4) is 5.75 Å². The van der Waals surface area contributed by atoms with Crippen LogP contribution in [-0.2, 0) is 16.0 Å². The average molecular weight is 367 g/mol. The number of aryl methyl sites for hydroxylation is 1. The van der Waals surface area contributed by atoms with Gasteiger partial charge >= 0.3 is 5.97 Å². The summed E-state index contributed by atoms with van der Waals surface area (Å²) in [5.41, 5.74) is 1.90. The second-order valence-electron chi connectivity index (χ2n) is 6.00. The molecule has 0 fully saturated rings. The lowest BCUT2D eigenvalue weighted by Crippen LogP contribution is -2.19. The molecule has 6 heteroatoms. The third-order valence-corrected chi connectivity index (χ3v) is 5.28. The Balaban J connectivity index is 1.30. The fourth-order valence-corrected chi connectivity index (χ4v) is 3.85. The number of fused-ring (bicyclic) bond motifs is 2. The summed E-state index contributed by atoms with van der Waals surface area (Å²) in [6, 6.07) is 15.3. The lowest BCUT2D eigenvalue weighted by Gasteiger charge is -2.17. The van der Waals surface area contributed by atoms with Crippen molar-refractivity contribution in [3.63, 3.8) is 0 Å². The molecule has 0 spiro atoms. The maximum Gasteiger partial charge on any atom is 0.348 e. The Kier molecular flexibility index (Phi) is 4.58. The van der Waals surface area contributed by atoms with Gasteiger partial charge in [0, 0.05) is 16.8 Å². The molecule has 1 N–H and O–H groups in total. The van der Waals surface area contributed by atoms with Gasteiger partial charge in [-0.2, -0.15) is 0 Å². The fourth-order valence-electron chi connectivity index (χ4n) is 2.90. The topological polar surface area (TPSA) is 64.6 Å². The molecule has 4 rings (SSSR count). The first-order chi connectivity index (χ1) is 12.7. The van der Waals surface area contributed by atoms with Crippen molar-refractivity contribution in [1.29, 1.82) is 0 Å². The molecule has 0 saturated heterocycles. The van der Waals surface area contributed by atoms with E-state index in [9.17, 15) is 9.59 Å². The Morgan fingerprint density at radius 2 is 1.96 bits per heavy atom. The number of ether oxygens (including phenoxy) is 2. The van der Waals surface area contributed by atoms with Gasteiger partial charge in [0.1, 0.15) is 23.8 Å². The monoisotopic (exact) mass is 367 g/mol. The van der Waals surface area contributed by atoms with E-state index in [2.05, 4.69) is 5.32 Å². The van der Waals surface area contributed by atoms with Crippen molar-refractivity contribution >= 4 is 39.0 Å². The predicted octanol–water partition coefficient (Wildman–Crippen LogP) is 4.02. The molecule has 1 aliphatic rings. The number of esters is 1. The van der Waals surface area contributed by atoms with Crippen LogP contribution in [0.25, 0.3) is 10.1 Å². The maximum absolute atomic E-state index is 12.1. The maximum atomic E-state index is 12.1. The number of carbonyl (C=O) groups excluding carboxylic acids is 2. The summed E-state index contributed by atoms with van der Waals surface area (Å²) in [5, 5.41) is 3.88. The molecule has 26 heavy (non-hydrogen) atoms. The number of rotatable bonds is 5. The van der Waals surface area contributed by atoms with Gasteiger partial charge in [-0.25, -0.2) is 4.79 Å². The van der Waals surface area contributed by atoms with Crippen molar-refractivity contribution in [2.45, 2.75) is 12.8 Å². The van der Waals surface area contributed by atoms with Gasteiger partial charge in [0.25, 0.3) is 0 Å². The van der Waals surface area contributed by atoms with Crippen molar-refractivity contribution in [2.75, 3.05) is 18.5 Å². The van der Waals surface area contributed by atoms with Gasteiger partial charge in [-0.05, 0) is 47.7 Å². The van der Waals surface area contributed by atoms with Gasteiger partial charge in [0.15, 0.2) is 0 Å². The predicted molar refractivity (Wildman–Crippen MR) is 101 cm³/mol. The summed E-state index contributed by atoms with van der Waals surface area (Å²) < 4.78 is 12.0. The van der Waals surface area contributed by atoms with Crippen LogP contribution in [0.4, 0.5) is 5.69 Å². The van der Waals surface area contributed by atoms with Crippen LogP contribution in [-0.4, -0.2) is 25.1 Å². The fraction of sp³-hybridized carbons (Fsp3) is 0.200. The zero-order valence-corrected chi connectivity index (χ0v) is 14.8. The number of thiophene rings is 1. The lowest BCUT2D eigenvalue weighted by atomic mass is 10.0. The van der Waals surface area contributed by atoms with E-state index in [1.54, 1.807) is 6.07 Å². The van der Waals surface area contributed by atoms with Crippen molar-refractivity contribution in [2.24, 2.45) is 0 Å². The van der Waals surface area contributed by atoms with Gasteiger partial charge in [-0.3, -0.25) is 4.79 Å². The Morgan fingerprint density at radius 1 is 1.08 bits per heavy atom. The van der Waals surface area contributed by atoms with E-state index in [0.717, 1.165) is 21.3 Å². The molecular formula is C20H17NO4S. The molecule has 0 saturated carbocycles. The number of benzene rings is 2. The largest absolute Gasteiger partial charge is 0.490 e. The molecule has 0 bridgehead atoms. The smallest absolute Gasteiger partial charge is 0.348 e. The summed E-state index contributed by atoms with van der Waals surface area (Å²) >= 11 is 1.43. The molecule has 1 aliphatic heterocycles. The van der Waals surface area contributed by atoms with E-state index in [0.29, 0.717) is 23.5 Å². The van der Waals surface area contributed by atoms with E-state index in [4.69, 9.17) is 9.47 Å². The van der Waals surface area contributed by atoms with E-state index in [1.165, 1.54) is 11.3 Å². The second kappa shape index (κ2) is 7.17. The van der Waals surface area contributed by atoms with Crippen LogP contribution in [0.5, 0.6) is 5.75 Å². The van der Waals surface area contributed by atoms with E-state index < -0.39 is 0 Å². The molecule has 1 aromatic heterocycles. The quantitative estimate of drug-likeness (QED) is 0.546. The summed E-state index contributed by atoms with van der Waals surface area (Å²) in [7, 11) is 0. The molecule has 0 atom stereocenters. The standard InChI is InChI=1S/C20H17NO4S/c22-19-8-5-13-11-15(6-7-16(13)21-19)24-9-10-25-20(23)18-12-14-3-1-2-4-17(14)26-18/h1-4,6-7,11-12H,5,8-10H2,(H,21,22). The van der Waals surface area contributed by atoms with Crippen LogP contribution in [0.3, 0.4) is 0 Å². The molecule has 5 nitrogen and oxygen atoms in total. The highest BCUT2D eigenvalue weighted by molar-refractivity contribution is 7.20. The molecule has 2 aromatic carbocycles. The van der Waals surface area contributed by atoms with E-state index in [-0.39, 0.29) is 25.1 Å². The van der Waals surface area contributed by atoms with Gasteiger partial charge in [0.2, 0.25) is 5.91 Å². The SMILES string of the molecule is O=C1CCc2cc(OCCOC(=O)c3cc4ccccc4s3)ccc2N1. The number of amides is 1. The Bertz CT molecular complexity index is 946. The molecule has 1 amide bonds. The number of carbonyl (C=O) groups is 2. The van der Waals surface area contributed by atoms with Gasteiger partial charge < -0.3 is 14.8 Å². The lowest BCUT2D eigenvalue weighted by molar-refractivity contribution is -0.116. The van der Waals surface area contributed by atoms with Gasteiger partial charge in [-0.15, -0.1) is 11.3 Å². The summed E-state index contributed by atoms with van der Waals surface area (Å²) in [6.07, 6.45) is 1.20. The number of hydrogen-bond donors (Lipinski definition) is 1. The van der Waals surface area contributed by atoms with Crippen LogP contribution < -0.4 is 10.1 Å². The Hall–Kier alpha value is -2.86. The van der Waals surface area contributed by atoms with Crippen LogP contribution in [0.2, 0.25) is 0 Å². The molecule has 2 heterocycles. The third-order valence-electron chi connectivity index (χ3n) is 4.18. The minimum absolute atomic E-state index is 0.0410. The number of hydrogen-bond acceptors (Lipinski definition) is 5. The summed E-state index contributed by atoms with van der Waals surface area (Å²) in [5.74, 6) is 0.417.